The molecule has 2 fully saturated rings. The summed E-state index contributed by atoms with van der Waals surface area (Å²) in [4.78, 5) is 16.9. The molecule has 2 heterocycles. The van der Waals surface area contributed by atoms with Crippen LogP contribution < -0.4 is 10.2 Å². The van der Waals surface area contributed by atoms with Crippen molar-refractivity contribution in [3.05, 3.63) is 24.3 Å². The Labute approximate surface area is 145 Å². The minimum Gasteiger partial charge on any atom is -0.373 e. The maximum atomic E-state index is 12.3. The fourth-order valence-corrected chi connectivity index (χ4v) is 3.72. The van der Waals surface area contributed by atoms with E-state index in [4.69, 9.17) is 4.74 Å². The number of morpholine rings is 1. The average molecular weight is 331 g/mol. The van der Waals surface area contributed by atoms with Gasteiger partial charge in [-0.2, -0.15) is 0 Å². The minimum absolute atomic E-state index is 0.0435. The van der Waals surface area contributed by atoms with E-state index in [0.717, 1.165) is 31.9 Å². The maximum Gasteiger partial charge on any atom is 0.238 e. The predicted molar refractivity (Wildman–Crippen MR) is 97.6 cm³/mol. The Morgan fingerprint density at radius 1 is 1.08 bits per heavy atom. The minimum atomic E-state index is 0.0435. The first-order chi connectivity index (χ1) is 11.6. The van der Waals surface area contributed by atoms with Crippen LogP contribution in [0.15, 0.2) is 24.3 Å². The molecule has 2 aliphatic heterocycles. The second-order valence-electron chi connectivity index (χ2n) is 7.09. The summed E-state index contributed by atoms with van der Waals surface area (Å²) >= 11 is 0. The summed E-state index contributed by atoms with van der Waals surface area (Å²) in [6, 6.07) is 8.23. The fourth-order valence-electron chi connectivity index (χ4n) is 3.72. The first-order valence-corrected chi connectivity index (χ1v) is 9.13. The highest BCUT2D eigenvalue weighted by atomic mass is 16.5. The third-order valence-corrected chi connectivity index (χ3v) is 4.73. The highest BCUT2D eigenvalue weighted by Crippen LogP contribution is 2.21. The number of hydrogen-bond donors (Lipinski definition) is 1. The average Bonchev–Trinajstić information content (AvgIpc) is 2.55. The zero-order valence-corrected chi connectivity index (χ0v) is 14.8. The van der Waals surface area contributed by atoms with Crippen molar-refractivity contribution in [2.45, 2.75) is 45.3 Å². The van der Waals surface area contributed by atoms with Crippen molar-refractivity contribution < 1.29 is 9.53 Å². The van der Waals surface area contributed by atoms with Crippen molar-refractivity contribution in [2.75, 3.05) is 42.9 Å². The molecular weight excluding hydrogens is 302 g/mol. The Kier molecular flexibility index (Phi) is 5.74. The second kappa shape index (κ2) is 7.99. The predicted octanol–water partition coefficient (Wildman–Crippen LogP) is 2.72. The van der Waals surface area contributed by atoms with Gasteiger partial charge >= 0.3 is 0 Å². The van der Waals surface area contributed by atoms with E-state index < -0.39 is 0 Å². The first kappa shape index (κ1) is 17.2. The van der Waals surface area contributed by atoms with Gasteiger partial charge in [-0.25, -0.2) is 0 Å². The molecular formula is C19H29N3O2. The number of ether oxygens (including phenoxy) is 1. The number of amides is 1. The van der Waals surface area contributed by atoms with Gasteiger partial charge in [0.2, 0.25) is 5.91 Å². The Morgan fingerprint density at radius 3 is 2.33 bits per heavy atom. The van der Waals surface area contributed by atoms with Crippen LogP contribution >= 0.6 is 0 Å². The molecule has 132 valence electrons. The molecule has 0 bridgehead atoms. The summed E-state index contributed by atoms with van der Waals surface area (Å²) in [5.41, 5.74) is 2.12. The quantitative estimate of drug-likeness (QED) is 0.921. The zero-order chi connectivity index (χ0) is 16.9. The van der Waals surface area contributed by atoms with Crippen LogP contribution in [0.25, 0.3) is 0 Å². The van der Waals surface area contributed by atoms with Gasteiger partial charge < -0.3 is 15.0 Å². The van der Waals surface area contributed by atoms with Gasteiger partial charge in [-0.05, 0) is 57.4 Å². The number of benzene rings is 1. The van der Waals surface area contributed by atoms with Crippen molar-refractivity contribution in [3.8, 4) is 0 Å². The van der Waals surface area contributed by atoms with E-state index in [-0.39, 0.29) is 18.1 Å². The van der Waals surface area contributed by atoms with E-state index in [9.17, 15) is 4.79 Å². The Balaban J connectivity index is 1.50. The molecule has 2 atom stereocenters. The molecule has 1 aromatic carbocycles. The molecule has 0 aromatic heterocycles. The van der Waals surface area contributed by atoms with E-state index in [1.54, 1.807) is 0 Å². The van der Waals surface area contributed by atoms with Gasteiger partial charge in [-0.15, -0.1) is 0 Å². The van der Waals surface area contributed by atoms with Crippen molar-refractivity contribution in [2.24, 2.45) is 0 Å². The number of hydrogen-bond acceptors (Lipinski definition) is 4. The van der Waals surface area contributed by atoms with Crippen molar-refractivity contribution in [1.29, 1.82) is 0 Å². The van der Waals surface area contributed by atoms with Gasteiger partial charge in [0.05, 0.1) is 18.8 Å². The summed E-state index contributed by atoms with van der Waals surface area (Å²) in [6.45, 7) is 8.43. The molecule has 1 amide bonds. The lowest BCUT2D eigenvalue weighted by molar-refractivity contribution is -0.121. The molecule has 0 aliphatic carbocycles. The summed E-state index contributed by atoms with van der Waals surface area (Å²) in [5.74, 6) is 0.0435. The van der Waals surface area contributed by atoms with Crippen LogP contribution in [0.4, 0.5) is 11.4 Å². The fraction of sp³-hybridized carbons (Fsp3) is 0.632. The number of nitrogens with one attached hydrogen (secondary N) is 1. The number of anilines is 2. The molecule has 0 spiro atoms. The Hall–Kier alpha value is -1.59. The van der Waals surface area contributed by atoms with E-state index in [1.165, 1.54) is 24.9 Å². The van der Waals surface area contributed by atoms with Crippen LogP contribution in [-0.4, -0.2) is 55.7 Å². The standard InChI is InChI=1S/C19H29N3O2/c1-15-12-21(13-16(2)24-15)14-19(23)20-17-6-8-18(9-7-17)22-10-4-3-5-11-22/h6-9,15-16H,3-5,10-14H2,1-2H3,(H,20,23)/t15-,16-/m1/s1. The Morgan fingerprint density at radius 2 is 1.71 bits per heavy atom. The molecule has 0 saturated carbocycles. The van der Waals surface area contributed by atoms with Crippen molar-refractivity contribution >= 4 is 17.3 Å². The van der Waals surface area contributed by atoms with Gasteiger partial charge in [0.25, 0.3) is 0 Å². The van der Waals surface area contributed by atoms with Crippen LogP contribution in [0.2, 0.25) is 0 Å². The Bertz CT molecular complexity index is 530. The summed E-state index contributed by atoms with van der Waals surface area (Å²) in [6.07, 6.45) is 4.25. The first-order valence-electron chi connectivity index (χ1n) is 9.13. The monoisotopic (exact) mass is 331 g/mol. The van der Waals surface area contributed by atoms with Gasteiger partial charge in [0.15, 0.2) is 0 Å². The van der Waals surface area contributed by atoms with Crippen LogP contribution in [-0.2, 0) is 9.53 Å². The van der Waals surface area contributed by atoms with Crippen molar-refractivity contribution in [3.63, 3.8) is 0 Å². The normalized spacial score (nSPS) is 25.5. The van der Waals surface area contributed by atoms with E-state index in [1.807, 2.05) is 12.1 Å². The number of carbonyl (C=O) groups is 1. The summed E-state index contributed by atoms with van der Waals surface area (Å²) in [5, 5.41) is 3.01. The second-order valence-corrected chi connectivity index (χ2v) is 7.09. The van der Waals surface area contributed by atoms with Gasteiger partial charge in [-0.1, -0.05) is 0 Å². The third-order valence-electron chi connectivity index (χ3n) is 4.73. The number of nitrogens with zero attached hydrogens (tertiary/aromatic N) is 2. The van der Waals surface area contributed by atoms with Crippen LogP contribution in [0.5, 0.6) is 0 Å². The van der Waals surface area contributed by atoms with Gasteiger partial charge in [-0.3, -0.25) is 9.69 Å². The van der Waals surface area contributed by atoms with Crippen LogP contribution in [0.1, 0.15) is 33.1 Å². The SMILES string of the molecule is C[C@@H]1CN(CC(=O)Nc2ccc(N3CCCCC3)cc2)C[C@@H](C)O1. The molecule has 0 unspecified atom stereocenters. The zero-order valence-electron chi connectivity index (χ0n) is 14.8. The van der Waals surface area contributed by atoms with Gasteiger partial charge in [0, 0.05) is 37.6 Å². The molecule has 1 N–H and O–H groups in total. The molecule has 2 saturated heterocycles. The molecule has 5 heteroatoms. The number of piperidine rings is 1. The highest BCUT2D eigenvalue weighted by molar-refractivity contribution is 5.92. The third kappa shape index (κ3) is 4.71. The lowest BCUT2D eigenvalue weighted by Crippen LogP contribution is -2.48. The molecule has 3 rings (SSSR count). The van der Waals surface area contributed by atoms with Crippen LogP contribution in [0.3, 0.4) is 0 Å². The molecule has 1 aromatic rings. The number of rotatable bonds is 4. The lowest BCUT2D eigenvalue weighted by Gasteiger charge is -2.34. The van der Waals surface area contributed by atoms with E-state index >= 15 is 0 Å². The van der Waals surface area contributed by atoms with Crippen molar-refractivity contribution in [1.82, 2.24) is 4.90 Å². The molecule has 2 aliphatic rings. The largest absolute Gasteiger partial charge is 0.373 e. The topological polar surface area (TPSA) is 44.8 Å². The molecule has 0 radical (unpaired) electrons. The lowest BCUT2D eigenvalue weighted by atomic mass is 10.1. The summed E-state index contributed by atoms with van der Waals surface area (Å²) < 4.78 is 5.71. The van der Waals surface area contributed by atoms with Gasteiger partial charge in [0.1, 0.15) is 0 Å². The van der Waals surface area contributed by atoms with E-state index in [0.29, 0.717) is 6.54 Å². The molecule has 5 nitrogen and oxygen atoms in total. The highest BCUT2D eigenvalue weighted by Gasteiger charge is 2.23. The van der Waals surface area contributed by atoms with Crippen LogP contribution in [0, 0.1) is 0 Å². The van der Waals surface area contributed by atoms with E-state index in [2.05, 4.69) is 41.1 Å². The number of carbonyl (C=O) groups excluding carboxylic acids is 1. The summed E-state index contributed by atoms with van der Waals surface area (Å²) in [7, 11) is 0. The smallest absolute Gasteiger partial charge is 0.238 e. The molecule has 24 heavy (non-hydrogen) atoms. The maximum absolute atomic E-state index is 12.3.